The molecule has 1 fully saturated rings. The van der Waals surface area contributed by atoms with Gasteiger partial charge in [-0.15, -0.1) is 45.3 Å². The fourth-order valence-corrected chi connectivity index (χ4v) is 18.9. The molecule has 0 atom stereocenters. The molecule has 0 spiro atoms. The first-order valence-electron chi connectivity index (χ1n) is 36.2. The Balaban J connectivity index is 0.000000118. The molecule has 96 heavy (non-hydrogen) atoms. The topological polar surface area (TPSA) is 79.9 Å². The van der Waals surface area contributed by atoms with E-state index >= 15 is 0 Å². The number of nitrogens with zero attached hydrogens (tertiary/aromatic N) is 6. The first-order valence-corrected chi connectivity index (χ1v) is 34.9. The lowest BCUT2D eigenvalue weighted by Gasteiger charge is -2.32. The molecule has 12 aromatic carbocycles. The van der Waals surface area contributed by atoms with Gasteiger partial charge in [-0.2, -0.15) is 4.98 Å². The van der Waals surface area contributed by atoms with E-state index in [-0.39, 0.29) is 58.4 Å². The number of thiophene rings is 4. The Bertz CT molecular complexity index is 7180. The Kier molecular flexibility index (Phi) is 11.0. The smallest absolute Gasteiger partial charge is 0.399 e. The van der Waals surface area contributed by atoms with Crippen molar-refractivity contribution in [2.75, 3.05) is 0 Å². The minimum absolute atomic E-state index is 0.0161. The highest BCUT2D eigenvalue weighted by molar-refractivity contribution is 7.28. The van der Waals surface area contributed by atoms with Crippen molar-refractivity contribution in [1.29, 1.82) is 0 Å². The van der Waals surface area contributed by atoms with Crippen molar-refractivity contribution in [3.63, 3.8) is 0 Å². The molecule has 1 aliphatic heterocycles. The van der Waals surface area contributed by atoms with Crippen LogP contribution in [0.2, 0.25) is 5.28 Å². The molecule has 0 bridgehead atoms. The maximum absolute atomic E-state index is 8.82. The van der Waals surface area contributed by atoms with Gasteiger partial charge in [0.05, 0.1) is 76.8 Å². The number of hydrogen-bond acceptors (Lipinski definition) is 10. The number of halogens is 1. The van der Waals surface area contributed by atoms with Crippen LogP contribution in [0.5, 0.6) is 0 Å². The van der Waals surface area contributed by atoms with E-state index in [0.717, 1.165) is 73.6 Å². The molecule has 0 radical (unpaired) electrons. The third-order valence-electron chi connectivity index (χ3n) is 18.8. The van der Waals surface area contributed by atoms with Crippen LogP contribution in [-0.2, 0) is 9.31 Å². The molecule has 0 N–H and O–H groups in total. The number of benzene rings is 12. The van der Waals surface area contributed by atoms with E-state index in [1.165, 1.54) is 72.8 Å². The molecule has 21 rings (SSSR count). The first-order chi connectivity index (χ1) is 51.2. The van der Waals surface area contributed by atoms with Crippen LogP contribution >= 0.6 is 56.9 Å². The standard InChI is InChI=1S/C38H21N3S2.C32H16ClN3S2.C12H17BO2/c1-2-12-22(13-3-1)37-39-33-27-18-8-11-21-30(27)43-36(33)38(40-37)41-28-19-9-6-16-25(28)31-23-14-4-5-15-24(23)32-26-17-7-10-20-29(26)42-35(32)34(31)41;33-32-34-27-21-13-5-8-16-24(21)38-30(27)31(35-32)36-22-14-6-3-11-19(22)25-17-9-1-2-10-18(17)26-20-12-4-7-15-23(20)37-29(26)28(25)36;1-11(2)12(3,4)15-13(14-11)10-8-6-5-7-9-10/h1-21H;1-16H;5-9H,1-4H3/i1D,2D,3D,12D,13D;;5D,6D,7D,8D,9D. The molecule has 458 valence electrons. The van der Waals surface area contributed by atoms with E-state index in [9.17, 15) is 0 Å². The van der Waals surface area contributed by atoms with Gasteiger partial charge in [-0.05, 0) is 103 Å². The molecule has 1 aliphatic rings. The number of rotatable bonds is 4. The Morgan fingerprint density at radius 3 is 1.20 bits per heavy atom. The predicted octanol–water partition coefficient (Wildman–Crippen LogP) is 23.2. The third-order valence-corrected chi connectivity index (χ3v) is 23.7. The van der Waals surface area contributed by atoms with Crippen LogP contribution in [0.25, 0.3) is 169 Å². The van der Waals surface area contributed by atoms with Gasteiger partial charge >= 0.3 is 7.12 Å². The van der Waals surface area contributed by atoms with E-state index in [0.29, 0.717) is 11.3 Å². The van der Waals surface area contributed by atoms with Crippen molar-refractivity contribution in [1.82, 2.24) is 29.1 Å². The average molecular weight is 1340 g/mol. The maximum Gasteiger partial charge on any atom is 0.494 e. The predicted molar refractivity (Wildman–Crippen MR) is 412 cm³/mol. The quantitative estimate of drug-likeness (QED) is 0.129. The van der Waals surface area contributed by atoms with Crippen molar-refractivity contribution in [3.8, 4) is 23.0 Å². The van der Waals surface area contributed by atoms with E-state index < -0.39 is 42.5 Å². The SMILES string of the molecule is Clc1nc(-n2c3ccccc3c3c4ccccc4c4c5ccccc5sc4c32)c2sc3ccccc3c2n1.[2H]c1c([2H])c([2H])c(-c2nc(-n3c4ccccc4c4c5ccccc5c5c6ccccc6sc5c43)c3sc4ccccc4c3n2)c([2H])c1[2H].[2H]c1c([2H])c([2H])c(B2OC(C)(C)C(C)(C)O2)c([2H])c1[2H]. The van der Waals surface area contributed by atoms with Crippen molar-refractivity contribution >= 4 is 216 Å². The molecule has 8 nitrogen and oxygen atoms in total. The number of hydrogen-bond donors (Lipinski definition) is 0. The number of fused-ring (bicyclic) bond motifs is 26. The van der Waals surface area contributed by atoms with E-state index in [2.05, 4.69) is 179 Å². The van der Waals surface area contributed by atoms with Gasteiger partial charge in [0.2, 0.25) is 5.28 Å². The number of para-hydroxylation sites is 2. The molecule has 8 aromatic heterocycles. The highest BCUT2D eigenvalue weighted by Gasteiger charge is 2.51. The van der Waals surface area contributed by atoms with Crippen LogP contribution in [0.15, 0.2) is 255 Å². The lowest BCUT2D eigenvalue weighted by Crippen LogP contribution is -2.41. The minimum atomic E-state index is -0.964. The van der Waals surface area contributed by atoms with E-state index in [1.807, 2.05) is 63.3 Å². The zero-order valence-corrected chi connectivity index (χ0v) is 55.6. The van der Waals surface area contributed by atoms with Crippen LogP contribution in [-0.4, -0.2) is 47.4 Å². The Morgan fingerprint density at radius 1 is 0.375 bits per heavy atom. The Labute approximate surface area is 585 Å². The number of aromatic nitrogens is 6. The fraction of sp³-hybridized carbons (Fsp3) is 0.0732. The second-order valence-electron chi connectivity index (χ2n) is 24.7. The lowest BCUT2D eigenvalue weighted by molar-refractivity contribution is 0.00578. The molecule has 1 saturated heterocycles. The summed E-state index contributed by atoms with van der Waals surface area (Å²) >= 11 is 13.6. The highest BCUT2D eigenvalue weighted by atomic mass is 35.5. The summed E-state index contributed by atoms with van der Waals surface area (Å²) in [5.41, 5.74) is 4.65. The molecule has 20 aromatic rings. The second-order valence-corrected chi connectivity index (χ2v) is 29.3. The molecule has 0 unspecified atom stereocenters. The van der Waals surface area contributed by atoms with Gasteiger partial charge in [-0.1, -0.05) is 218 Å². The first kappa shape index (κ1) is 47.9. The highest BCUT2D eigenvalue weighted by Crippen LogP contribution is 2.52. The molecule has 9 heterocycles. The summed E-state index contributed by atoms with van der Waals surface area (Å²) in [6, 6.07) is 64.3. The monoisotopic (exact) mass is 1340 g/mol. The molecule has 14 heteroatoms. The fourth-order valence-electron chi connectivity index (χ4n) is 13.9. The van der Waals surface area contributed by atoms with Crippen LogP contribution in [0.1, 0.15) is 41.4 Å². The summed E-state index contributed by atoms with van der Waals surface area (Å²) in [7, 11) is -0.964. The second kappa shape index (κ2) is 22.1. The Hall–Kier alpha value is -9.93. The summed E-state index contributed by atoms with van der Waals surface area (Å²) < 4.78 is 107. The summed E-state index contributed by atoms with van der Waals surface area (Å²) in [4.78, 5) is 19.8. The van der Waals surface area contributed by atoms with E-state index in [4.69, 9.17) is 54.6 Å². The van der Waals surface area contributed by atoms with Gasteiger partial charge in [0.1, 0.15) is 0 Å². The normalized spacial score (nSPS) is 15.4. The van der Waals surface area contributed by atoms with Gasteiger partial charge in [0.15, 0.2) is 17.5 Å². The van der Waals surface area contributed by atoms with Crippen LogP contribution in [0, 0.1) is 0 Å². The van der Waals surface area contributed by atoms with Gasteiger partial charge in [0.25, 0.3) is 0 Å². The summed E-state index contributed by atoms with van der Waals surface area (Å²) in [6.45, 7) is 7.40. The molecule has 0 aliphatic carbocycles. The average Bonchev–Trinajstić information content (AvgIpc) is 1.54. The molecule has 0 saturated carbocycles. The zero-order chi connectivity index (χ0) is 72.8. The molecule has 0 amide bonds. The summed E-state index contributed by atoms with van der Waals surface area (Å²) in [6.07, 6.45) is 0. The van der Waals surface area contributed by atoms with Gasteiger partial charge in [-0.3, -0.25) is 9.13 Å². The van der Waals surface area contributed by atoms with Crippen LogP contribution in [0.4, 0.5) is 0 Å². The largest absolute Gasteiger partial charge is 0.494 e. The lowest BCUT2D eigenvalue weighted by atomic mass is 9.79. The molecular formula is C82H54BClN6O2S4. The van der Waals surface area contributed by atoms with Gasteiger partial charge < -0.3 is 9.31 Å². The minimum Gasteiger partial charge on any atom is -0.399 e. The van der Waals surface area contributed by atoms with Crippen molar-refractivity contribution in [2.45, 2.75) is 38.9 Å². The summed E-state index contributed by atoms with van der Waals surface area (Å²) in [5, 5.41) is 16.8. The van der Waals surface area contributed by atoms with Crippen molar-refractivity contribution in [2.24, 2.45) is 0 Å². The Morgan fingerprint density at radius 2 is 0.729 bits per heavy atom. The maximum atomic E-state index is 8.82. The van der Waals surface area contributed by atoms with Gasteiger partial charge in [0, 0.05) is 78.2 Å². The zero-order valence-electron chi connectivity index (χ0n) is 61.6. The van der Waals surface area contributed by atoms with Gasteiger partial charge in [-0.25, -0.2) is 15.0 Å². The molecular weight excluding hydrogens is 1280 g/mol. The van der Waals surface area contributed by atoms with Crippen molar-refractivity contribution < 1.29 is 23.0 Å². The van der Waals surface area contributed by atoms with Crippen LogP contribution < -0.4 is 5.46 Å². The van der Waals surface area contributed by atoms with Crippen molar-refractivity contribution in [3.05, 3.63) is 260 Å². The summed E-state index contributed by atoms with van der Waals surface area (Å²) in [5.74, 6) is 1.54. The van der Waals surface area contributed by atoms with Crippen LogP contribution in [0.3, 0.4) is 0 Å². The van der Waals surface area contributed by atoms with E-state index in [1.54, 1.807) is 34.0 Å². The third kappa shape index (κ3) is 8.78.